The summed E-state index contributed by atoms with van der Waals surface area (Å²) in [4.78, 5) is 24.5. The van der Waals surface area contributed by atoms with Gasteiger partial charge in [0, 0.05) is 61.1 Å². The van der Waals surface area contributed by atoms with Gasteiger partial charge >= 0.3 is 5.97 Å². The molecule has 2 atom stereocenters. The second-order valence-corrected chi connectivity index (χ2v) is 9.87. The van der Waals surface area contributed by atoms with E-state index in [0.29, 0.717) is 13.2 Å². The third-order valence-corrected chi connectivity index (χ3v) is 7.30. The molecule has 178 valence electrons. The van der Waals surface area contributed by atoms with Crippen LogP contribution in [0.4, 0.5) is 0 Å². The number of nitrogens with zero attached hydrogens (tertiary/aromatic N) is 1. The fourth-order valence-electron chi connectivity index (χ4n) is 5.70. The number of fused-ring (bicyclic) bond motifs is 6. The van der Waals surface area contributed by atoms with Crippen molar-refractivity contribution in [3.05, 3.63) is 64.3 Å². The Hall–Kier alpha value is -3.32. The van der Waals surface area contributed by atoms with Crippen LogP contribution in [0.25, 0.3) is 22.4 Å². The monoisotopic (exact) mass is 463 g/mol. The fraction of sp³-hybridized carbons (Fsp3) is 0.407. The number of rotatable bonds is 7. The Labute approximate surface area is 197 Å². The van der Waals surface area contributed by atoms with Crippen LogP contribution in [0.3, 0.4) is 0 Å². The van der Waals surface area contributed by atoms with Crippen molar-refractivity contribution < 1.29 is 23.8 Å². The highest BCUT2D eigenvalue weighted by atomic mass is 16.5. The molecule has 7 nitrogen and oxygen atoms in total. The molecule has 1 aliphatic carbocycles. The van der Waals surface area contributed by atoms with Gasteiger partial charge in [-0.3, -0.25) is 4.79 Å². The van der Waals surface area contributed by atoms with Crippen molar-refractivity contribution in [2.24, 2.45) is 5.41 Å². The number of benzene rings is 1. The van der Waals surface area contributed by atoms with Gasteiger partial charge in [-0.1, -0.05) is 13.8 Å². The number of methoxy groups -OCH3 is 1. The zero-order valence-corrected chi connectivity index (χ0v) is 19.7. The molecular weight excluding hydrogens is 434 g/mol. The molecular formula is C27H29NO6. The van der Waals surface area contributed by atoms with Crippen molar-refractivity contribution in [3.8, 4) is 28.1 Å². The highest BCUT2D eigenvalue weighted by Gasteiger charge is 2.47. The molecule has 3 aromatic rings. The maximum absolute atomic E-state index is 12.7. The summed E-state index contributed by atoms with van der Waals surface area (Å²) in [6.45, 7) is 5.57. The predicted octanol–water partition coefficient (Wildman–Crippen LogP) is 5.35. The molecule has 0 amide bonds. The van der Waals surface area contributed by atoms with Crippen LogP contribution in [0.2, 0.25) is 0 Å². The van der Waals surface area contributed by atoms with Gasteiger partial charge in [-0.25, -0.2) is 4.79 Å². The number of ether oxygens (including phenoxy) is 2. The molecule has 34 heavy (non-hydrogen) atoms. The largest absolute Gasteiger partial charge is 0.493 e. The summed E-state index contributed by atoms with van der Waals surface area (Å²) < 4.78 is 18.8. The molecule has 2 aromatic heterocycles. The van der Waals surface area contributed by atoms with Gasteiger partial charge in [0.2, 0.25) is 0 Å². The molecule has 0 bridgehead atoms. The number of aromatic nitrogens is 1. The fourth-order valence-corrected chi connectivity index (χ4v) is 5.70. The van der Waals surface area contributed by atoms with Gasteiger partial charge in [0.15, 0.2) is 5.43 Å². The van der Waals surface area contributed by atoms with Crippen LogP contribution < -0.4 is 10.2 Å². The normalized spacial score (nSPS) is 19.9. The first kappa shape index (κ1) is 22.5. The van der Waals surface area contributed by atoms with Crippen molar-refractivity contribution in [3.63, 3.8) is 0 Å². The van der Waals surface area contributed by atoms with E-state index in [0.717, 1.165) is 53.0 Å². The molecule has 2 aliphatic rings. The molecule has 1 aliphatic heterocycles. The van der Waals surface area contributed by atoms with Gasteiger partial charge < -0.3 is 23.6 Å². The van der Waals surface area contributed by atoms with E-state index in [9.17, 15) is 14.7 Å². The maximum atomic E-state index is 12.7. The molecule has 0 radical (unpaired) electrons. The number of pyridine rings is 1. The van der Waals surface area contributed by atoms with Gasteiger partial charge in [0.25, 0.3) is 0 Å². The van der Waals surface area contributed by atoms with E-state index in [1.165, 1.54) is 6.07 Å². The van der Waals surface area contributed by atoms with Crippen molar-refractivity contribution in [2.45, 2.75) is 45.1 Å². The molecule has 1 aromatic carbocycles. The average molecular weight is 464 g/mol. The first-order chi connectivity index (χ1) is 16.3. The summed E-state index contributed by atoms with van der Waals surface area (Å²) in [6.07, 6.45) is 7.59. The first-order valence-electron chi connectivity index (χ1n) is 11.6. The molecule has 7 heteroatoms. The van der Waals surface area contributed by atoms with E-state index in [1.54, 1.807) is 25.8 Å². The summed E-state index contributed by atoms with van der Waals surface area (Å²) >= 11 is 0. The van der Waals surface area contributed by atoms with Crippen molar-refractivity contribution >= 4 is 5.97 Å². The molecule has 5 rings (SSSR count). The van der Waals surface area contributed by atoms with Crippen molar-refractivity contribution in [2.75, 3.05) is 20.3 Å². The van der Waals surface area contributed by atoms with Gasteiger partial charge in [-0.15, -0.1) is 0 Å². The summed E-state index contributed by atoms with van der Waals surface area (Å²) in [5.74, 6) is -0.226. The topological polar surface area (TPSA) is 90.9 Å². The second-order valence-electron chi connectivity index (χ2n) is 9.87. The molecule has 1 saturated carbocycles. The number of hydrogen-bond acceptors (Lipinski definition) is 5. The number of hydrogen-bond donors (Lipinski definition) is 1. The van der Waals surface area contributed by atoms with Crippen LogP contribution in [0.15, 0.2) is 52.2 Å². The van der Waals surface area contributed by atoms with E-state index in [1.807, 2.05) is 10.6 Å². The lowest BCUT2D eigenvalue weighted by Crippen LogP contribution is -2.32. The third-order valence-electron chi connectivity index (χ3n) is 7.30. The smallest absolute Gasteiger partial charge is 0.341 e. The predicted molar refractivity (Wildman–Crippen MR) is 128 cm³/mol. The Morgan fingerprint density at radius 2 is 2.06 bits per heavy atom. The van der Waals surface area contributed by atoms with Crippen molar-refractivity contribution in [1.82, 2.24) is 4.57 Å². The summed E-state index contributed by atoms with van der Waals surface area (Å²) in [6, 6.07) is 7.58. The SMILES string of the molecule is COCCCOc1cc2c(cc1-c1ccoc1)-c1cc(=O)c(C(=O)O)cn1[C@H]1[C@@H]2CCC1(C)C. The second kappa shape index (κ2) is 8.47. The quantitative estimate of drug-likeness (QED) is 0.475. The number of carbonyl (C=O) groups is 1. The lowest BCUT2D eigenvalue weighted by molar-refractivity contribution is 0.0693. The minimum Gasteiger partial charge on any atom is -0.493 e. The molecule has 0 saturated heterocycles. The summed E-state index contributed by atoms with van der Waals surface area (Å²) in [5.41, 5.74) is 3.87. The maximum Gasteiger partial charge on any atom is 0.341 e. The Kier molecular flexibility index (Phi) is 5.60. The van der Waals surface area contributed by atoms with Crippen LogP contribution in [0.1, 0.15) is 61.0 Å². The zero-order chi connectivity index (χ0) is 24.0. The molecule has 0 spiro atoms. The Balaban J connectivity index is 1.72. The van der Waals surface area contributed by atoms with Crippen molar-refractivity contribution in [1.29, 1.82) is 0 Å². The average Bonchev–Trinajstić information content (AvgIpc) is 3.44. The Bertz CT molecular complexity index is 1290. The first-order valence-corrected chi connectivity index (χ1v) is 11.6. The standard InChI is InChI=1S/C27H29NO6/c1-27(2)7-5-17-19-12-24(34-9-4-8-32-3)18(16-6-10-33-15-16)11-20(19)22-13-23(29)21(26(30)31)14-28(22)25(17)27/h6,10-15,17,25H,4-5,7-9H2,1-3H3,(H,30,31)/t17-,25+/m1/s1. The Morgan fingerprint density at radius 3 is 2.76 bits per heavy atom. The molecule has 0 unspecified atom stereocenters. The number of furan rings is 1. The van der Waals surface area contributed by atoms with E-state index in [2.05, 4.69) is 26.0 Å². The number of aromatic carboxylic acids is 1. The van der Waals surface area contributed by atoms with Crippen LogP contribution in [0, 0.1) is 5.41 Å². The van der Waals surface area contributed by atoms with E-state index in [4.69, 9.17) is 13.9 Å². The highest BCUT2D eigenvalue weighted by molar-refractivity contribution is 5.88. The van der Waals surface area contributed by atoms with E-state index >= 15 is 0 Å². The Morgan fingerprint density at radius 1 is 1.24 bits per heavy atom. The van der Waals surface area contributed by atoms with Gasteiger partial charge in [-0.2, -0.15) is 0 Å². The molecule has 1 N–H and O–H groups in total. The minimum absolute atomic E-state index is 0.0508. The third kappa shape index (κ3) is 3.64. The van der Waals surface area contributed by atoms with Crippen LogP contribution >= 0.6 is 0 Å². The summed E-state index contributed by atoms with van der Waals surface area (Å²) in [7, 11) is 1.67. The zero-order valence-electron chi connectivity index (χ0n) is 19.7. The molecule has 3 heterocycles. The lowest BCUT2D eigenvalue weighted by Gasteiger charge is -2.40. The molecule has 1 fully saturated rings. The van der Waals surface area contributed by atoms with Crippen LogP contribution in [-0.4, -0.2) is 36.0 Å². The van der Waals surface area contributed by atoms with Crippen LogP contribution in [0.5, 0.6) is 5.75 Å². The summed E-state index contributed by atoms with van der Waals surface area (Å²) in [5, 5.41) is 9.61. The highest BCUT2D eigenvalue weighted by Crippen LogP contribution is 2.59. The van der Waals surface area contributed by atoms with Crippen LogP contribution in [-0.2, 0) is 4.74 Å². The van der Waals surface area contributed by atoms with E-state index in [-0.39, 0.29) is 22.9 Å². The number of carboxylic acid groups (broad SMARTS) is 1. The minimum atomic E-state index is -1.20. The lowest BCUT2D eigenvalue weighted by atomic mass is 9.77. The van der Waals surface area contributed by atoms with E-state index < -0.39 is 11.4 Å². The van der Waals surface area contributed by atoms with Gasteiger partial charge in [-0.05, 0) is 42.0 Å². The van der Waals surface area contributed by atoms with Gasteiger partial charge in [0.1, 0.15) is 11.3 Å². The number of carboxylic acids is 1. The van der Waals surface area contributed by atoms with Gasteiger partial charge in [0.05, 0.1) is 24.8 Å².